The summed E-state index contributed by atoms with van der Waals surface area (Å²) in [6.07, 6.45) is 1.70. The summed E-state index contributed by atoms with van der Waals surface area (Å²) < 4.78 is 0. The van der Waals surface area contributed by atoms with Gasteiger partial charge >= 0.3 is 0 Å². The standard InChI is InChI=1S/C9H10N2/c1-3-7(2)9-8(10)5-4-6-11-9/h4-6H,1,10H2,2H3. The Morgan fingerprint density at radius 3 is 3.00 bits per heavy atom. The first-order valence-corrected chi connectivity index (χ1v) is 3.33. The summed E-state index contributed by atoms with van der Waals surface area (Å²) >= 11 is 0. The maximum absolute atomic E-state index is 5.65. The van der Waals surface area contributed by atoms with E-state index < -0.39 is 0 Å². The van der Waals surface area contributed by atoms with Gasteiger partial charge < -0.3 is 5.73 Å². The number of allylic oxidation sites excluding steroid dienone is 1. The second kappa shape index (κ2) is 3.04. The van der Waals surface area contributed by atoms with Crippen molar-refractivity contribution in [3.63, 3.8) is 0 Å². The molecule has 1 aromatic heterocycles. The molecule has 0 radical (unpaired) electrons. The molecule has 56 valence electrons. The van der Waals surface area contributed by atoms with E-state index in [4.69, 9.17) is 5.73 Å². The summed E-state index contributed by atoms with van der Waals surface area (Å²) in [5, 5.41) is 0. The van der Waals surface area contributed by atoms with Crippen molar-refractivity contribution >= 4 is 11.3 Å². The van der Waals surface area contributed by atoms with Crippen molar-refractivity contribution in [2.45, 2.75) is 6.92 Å². The monoisotopic (exact) mass is 146 g/mol. The van der Waals surface area contributed by atoms with Crippen LogP contribution in [0.5, 0.6) is 0 Å². The molecule has 1 rings (SSSR count). The van der Waals surface area contributed by atoms with E-state index in [0.717, 1.165) is 11.3 Å². The predicted molar refractivity (Wildman–Crippen MR) is 46.9 cm³/mol. The van der Waals surface area contributed by atoms with Crippen LogP contribution < -0.4 is 5.73 Å². The van der Waals surface area contributed by atoms with Crippen LogP contribution in [0.25, 0.3) is 5.57 Å². The van der Waals surface area contributed by atoms with Gasteiger partial charge in [0.2, 0.25) is 0 Å². The third-order valence-corrected chi connectivity index (χ3v) is 1.46. The average molecular weight is 146 g/mol. The number of pyridine rings is 1. The van der Waals surface area contributed by atoms with Crippen molar-refractivity contribution in [2.24, 2.45) is 0 Å². The maximum Gasteiger partial charge on any atom is 0.0964 e. The van der Waals surface area contributed by atoms with E-state index in [0.29, 0.717) is 5.69 Å². The number of nitrogens with zero attached hydrogens (tertiary/aromatic N) is 1. The van der Waals surface area contributed by atoms with E-state index in [1.807, 2.05) is 13.0 Å². The average Bonchev–Trinajstić information content (AvgIpc) is 2.04. The molecule has 1 aromatic rings. The molecule has 0 aliphatic heterocycles. The van der Waals surface area contributed by atoms with Gasteiger partial charge in [0.25, 0.3) is 0 Å². The van der Waals surface area contributed by atoms with Gasteiger partial charge in [-0.3, -0.25) is 4.98 Å². The molecule has 0 bridgehead atoms. The highest BCUT2D eigenvalue weighted by Gasteiger charge is 1.98. The molecule has 0 unspecified atom stereocenters. The normalized spacial score (nSPS) is 8.82. The van der Waals surface area contributed by atoms with Crippen LogP contribution in [-0.2, 0) is 0 Å². The van der Waals surface area contributed by atoms with Crippen LogP contribution >= 0.6 is 0 Å². The third kappa shape index (κ3) is 1.48. The van der Waals surface area contributed by atoms with Crippen molar-refractivity contribution in [1.29, 1.82) is 0 Å². The first kappa shape index (κ1) is 7.58. The zero-order valence-corrected chi connectivity index (χ0v) is 6.46. The number of anilines is 1. The SMILES string of the molecule is C=C=C(C)c1ncccc1N. The van der Waals surface area contributed by atoms with Gasteiger partial charge in [0.15, 0.2) is 0 Å². The van der Waals surface area contributed by atoms with Gasteiger partial charge in [-0.05, 0) is 19.1 Å². The van der Waals surface area contributed by atoms with Gasteiger partial charge in [-0.2, -0.15) is 0 Å². The Labute approximate surface area is 66.1 Å². The lowest BCUT2D eigenvalue weighted by Crippen LogP contribution is -1.93. The van der Waals surface area contributed by atoms with Crippen LogP contribution in [0.3, 0.4) is 0 Å². The largest absolute Gasteiger partial charge is 0.397 e. The highest BCUT2D eigenvalue weighted by atomic mass is 14.7. The topological polar surface area (TPSA) is 38.9 Å². The lowest BCUT2D eigenvalue weighted by Gasteiger charge is -2.00. The zero-order chi connectivity index (χ0) is 8.27. The van der Waals surface area contributed by atoms with Crippen LogP contribution in [-0.4, -0.2) is 4.98 Å². The number of aromatic nitrogens is 1. The van der Waals surface area contributed by atoms with Gasteiger partial charge in [-0.1, -0.05) is 6.58 Å². The molecule has 0 aliphatic rings. The van der Waals surface area contributed by atoms with Gasteiger partial charge in [-0.15, -0.1) is 5.73 Å². The zero-order valence-electron chi connectivity index (χ0n) is 6.46. The number of nitrogen functional groups attached to an aromatic ring is 1. The number of nitrogens with two attached hydrogens (primary N) is 1. The van der Waals surface area contributed by atoms with Crippen LogP contribution in [0.4, 0.5) is 5.69 Å². The molecule has 0 amide bonds. The third-order valence-electron chi connectivity index (χ3n) is 1.46. The van der Waals surface area contributed by atoms with E-state index in [1.165, 1.54) is 0 Å². The van der Waals surface area contributed by atoms with Crippen molar-refractivity contribution in [1.82, 2.24) is 4.98 Å². The molecule has 0 spiro atoms. The van der Waals surface area contributed by atoms with E-state index in [2.05, 4.69) is 17.3 Å². The van der Waals surface area contributed by atoms with Gasteiger partial charge in [0, 0.05) is 11.8 Å². The summed E-state index contributed by atoms with van der Waals surface area (Å²) in [6, 6.07) is 3.61. The van der Waals surface area contributed by atoms with Crippen molar-refractivity contribution in [3.8, 4) is 0 Å². The predicted octanol–water partition coefficient (Wildman–Crippen LogP) is 1.85. The minimum atomic E-state index is 0.668. The van der Waals surface area contributed by atoms with Crippen molar-refractivity contribution in [3.05, 3.63) is 36.3 Å². The lowest BCUT2D eigenvalue weighted by molar-refractivity contribution is 1.27. The molecule has 1 heterocycles. The van der Waals surface area contributed by atoms with Crippen molar-refractivity contribution in [2.75, 3.05) is 5.73 Å². The minimum absolute atomic E-state index is 0.668. The fourth-order valence-corrected chi connectivity index (χ4v) is 0.815. The molecule has 11 heavy (non-hydrogen) atoms. The van der Waals surface area contributed by atoms with Gasteiger partial charge in [0.05, 0.1) is 11.4 Å². The molecule has 0 saturated heterocycles. The molecule has 0 atom stereocenters. The molecule has 0 saturated carbocycles. The highest BCUT2D eigenvalue weighted by Crippen LogP contribution is 2.15. The Hall–Kier alpha value is -1.53. The van der Waals surface area contributed by atoms with Crippen molar-refractivity contribution < 1.29 is 0 Å². The summed E-state index contributed by atoms with van der Waals surface area (Å²) in [5.74, 6) is 0. The van der Waals surface area contributed by atoms with Crippen LogP contribution in [0, 0.1) is 0 Å². The fourth-order valence-electron chi connectivity index (χ4n) is 0.815. The molecule has 2 N–H and O–H groups in total. The van der Waals surface area contributed by atoms with E-state index in [9.17, 15) is 0 Å². The Morgan fingerprint density at radius 1 is 1.73 bits per heavy atom. The minimum Gasteiger partial charge on any atom is -0.397 e. The summed E-state index contributed by atoms with van der Waals surface area (Å²) in [4.78, 5) is 4.08. The van der Waals surface area contributed by atoms with E-state index >= 15 is 0 Å². The maximum atomic E-state index is 5.65. The second-order valence-electron chi connectivity index (χ2n) is 2.24. The molecular formula is C9H10N2. The quantitative estimate of drug-likeness (QED) is 0.614. The summed E-state index contributed by atoms with van der Waals surface area (Å²) in [6.45, 7) is 5.40. The first-order chi connectivity index (χ1) is 5.25. The molecular weight excluding hydrogens is 136 g/mol. The van der Waals surface area contributed by atoms with Crippen LogP contribution in [0.1, 0.15) is 12.6 Å². The molecule has 0 aliphatic carbocycles. The molecule has 2 nitrogen and oxygen atoms in total. The van der Waals surface area contributed by atoms with Crippen LogP contribution in [0.2, 0.25) is 0 Å². The first-order valence-electron chi connectivity index (χ1n) is 3.33. The Balaban J connectivity index is 3.24. The highest BCUT2D eigenvalue weighted by molar-refractivity contribution is 5.69. The molecule has 0 fully saturated rings. The summed E-state index contributed by atoms with van der Waals surface area (Å²) in [5.41, 5.74) is 10.7. The Morgan fingerprint density at radius 2 is 2.45 bits per heavy atom. The smallest absolute Gasteiger partial charge is 0.0964 e. The van der Waals surface area contributed by atoms with Gasteiger partial charge in [0.1, 0.15) is 0 Å². The molecule has 0 aromatic carbocycles. The van der Waals surface area contributed by atoms with Crippen LogP contribution in [0.15, 0.2) is 30.6 Å². The second-order valence-corrected chi connectivity index (χ2v) is 2.24. The Kier molecular flexibility index (Phi) is 2.09. The van der Waals surface area contributed by atoms with Gasteiger partial charge in [-0.25, -0.2) is 0 Å². The number of rotatable bonds is 1. The van der Waals surface area contributed by atoms with E-state index in [-0.39, 0.29) is 0 Å². The lowest BCUT2D eigenvalue weighted by atomic mass is 10.2. The molecule has 2 heteroatoms. The fraction of sp³-hybridized carbons (Fsp3) is 0.111. The van der Waals surface area contributed by atoms with E-state index in [1.54, 1.807) is 12.3 Å². The summed E-state index contributed by atoms with van der Waals surface area (Å²) in [7, 11) is 0. The number of hydrogen-bond donors (Lipinski definition) is 1. The Bertz CT molecular complexity index is 309. The number of hydrogen-bond acceptors (Lipinski definition) is 2.